The lowest BCUT2D eigenvalue weighted by Gasteiger charge is -2.24. The molecule has 0 aliphatic carbocycles. The number of nitrogens with zero attached hydrogens (tertiary/aromatic N) is 3. The molecule has 1 aliphatic rings. The van der Waals surface area contributed by atoms with Crippen LogP contribution in [0.1, 0.15) is 25.3 Å². The summed E-state index contributed by atoms with van der Waals surface area (Å²) < 4.78 is 7.30. The van der Waals surface area contributed by atoms with Gasteiger partial charge in [-0.15, -0.1) is 0 Å². The normalized spacial score (nSPS) is 20.3. The number of urea groups is 1. The molecule has 0 bridgehead atoms. The molecule has 1 fully saturated rings. The average Bonchev–Trinajstić information content (AvgIpc) is 3.00. The molecule has 6 nitrogen and oxygen atoms in total. The van der Waals surface area contributed by atoms with E-state index in [0.717, 1.165) is 25.0 Å². The van der Waals surface area contributed by atoms with Gasteiger partial charge in [-0.1, -0.05) is 0 Å². The lowest BCUT2D eigenvalue weighted by atomic mass is 10.1. The van der Waals surface area contributed by atoms with E-state index in [1.807, 2.05) is 20.2 Å². The zero-order valence-corrected chi connectivity index (χ0v) is 11.8. The van der Waals surface area contributed by atoms with E-state index in [9.17, 15) is 4.79 Å². The molecule has 1 N–H and O–H groups in total. The van der Waals surface area contributed by atoms with Crippen LogP contribution in [0.4, 0.5) is 4.79 Å². The van der Waals surface area contributed by atoms with Gasteiger partial charge in [0.05, 0.1) is 24.9 Å². The molecule has 2 heterocycles. The second-order valence-electron chi connectivity index (χ2n) is 5.17. The maximum atomic E-state index is 12.1. The molecule has 2 atom stereocenters. The third kappa shape index (κ3) is 3.70. The Kier molecular flexibility index (Phi) is 4.42. The van der Waals surface area contributed by atoms with Crippen molar-refractivity contribution in [3.05, 3.63) is 18.0 Å². The van der Waals surface area contributed by atoms with Crippen LogP contribution < -0.4 is 5.32 Å². The Balaban J connectivity index is 1.81. The van der Waals surface area contributed by atoms with Crippen LogP contribution >= 0.6 is 0 Å². The van der Waals surface area contributed by atoms with Crippen molar-refractivity contribution in [2.75, 3.05) is 13.7 Å². The fourth-order valence-electron chi connectivity index (χ4n) is 2.29. The summed E-state index contributed by atoms with van der Waals surface area (Å²) in [4.78, 5) is 13.7. The molecule has 19 heavy (non-hydrogen) atoms. The summed E-state index contributed by atoms with van der Waals surface area (Å²) in [5, 5.41) is 7.07. The molecule has 0 saturated carbocycles. The zero-order chi connectivity index (χ0) is 13.8. The molecule has 6 heteroatoms. The van der Waals surface area contributed by atoms with Gasteiger partial charge in [-0.2, -0.15) is 5.10 Å². The summed E-state index contributed by atoms with van der Waals surface area (Å²) in [7, 11) is 3.65. The van der Waals surface area contributed by atoms with Crippen molar-refractivity contribution in [3.8, 4) is 0 Å². The minimum Gasteiger partial charge on any atom is -0.376 e. The first-order chi connectivity index (χ1) is 9.06. The number of carbonyl (C=O) groups is 1. The number of ether oxygens (including phenoxy) is 1. The zero-order valence-electron chi connectivity index (χ0n) is 11.8. The van der Waals surface area contributed by atoms with Gasteiger partial charge in [-0.05, 0) is 19.8 Å². The summed E-state index contributed by atoms with van der Waals surface area (Å²) in [6.07, 6.45) is 5.93. The van der Waals surface area contributed by atoms with Crippen LogP contribution in [0, 0.1) is 0 Å². The van der Waals surface area contributed by atoms with E-state index in [1.165, 1.54) is 0 Å². The Morgan fingerprint density at radius 1 is 1.74 bits per heavy atom. The van der Waals surface area contributed by atoms with Gasteiger partial charge in [0.2, 0.25) is 0 Å². The smallest absolute Gasteiger partial charge is 0.317 e. The van der Waals surface area contributed by atoms with Crippen molar-refractivity contribution in [2.24, 2.45) is 7.05 Å². The van der Waals surface area contributed by atoms with E-state index >= 15 is 0 Å². The summed E-state index contributed by atoms with van der Waals surface area (Å²) in [6.45, 7) is 3.35. The minimum absolute atomic E-state index is 0.0475. The van der Waals surface area contributed by atoms with Crippen molar-refractivity contribution in [2.45, 2.75) is 38.5 Å². The summed E-state index contributed by atoms with van der Waals surface area (Å²) in [5.41, 5.74) is 1.02. The number of aryl methyl sites for hydroxylation is 1. The Hall–Kier alpha value is -1.56. The van der Waals surface area contributed by atoms with Crippen molar-refractivity contribution in [1.29, 1.82) is 0 Å². The highest BCUT2D eigenvalue weighted by Gasteiger charge is 2.24. The molecular formula is C13H22N4O2. The molecule has 0 radical (unpaired) electrons. The van der Waals surface area contributed by atoms with Gasteiger partial charge in [0.15, 0.2) is 0 Å². The van der Waals surface area contributed by atoms with E-state index in [-0.39, 0.29) is 18.2 Å². The number of aromatic nitrogens is 2. The van der Waals surface area contributed by atoms with E-state index in [0.29, 0.717) is 6.54 Å². The fraction of sp³-hybridized carbons (Fsp3) is 0.692. The molecule has 1 aliphatic heterocycles. The van der Waals surface area contributed by atoms with Gasteiger partial charge >= 0.3 is 6.03 Å². The lowest BCUT2D eigenvalue weighted by molar-refractivity contribution is 0.0838. The molecule has 2 unspecified atom stereocenters. The molecule has 2 amide bonds. The number of hydrogen-bond acceptors (Lipinski definition) is 3. The largest absolute Gasteiger partial charge is 0.376 e. The van der Waals surface area contributed by atoms with Gasteiger partial charge in [0, 0.05) is 32.5 Å². The Morgan fingerprint density at radius 3 is 3.11 bits per heavy atom. The summed E-state index contributed by atoms with van der Waals surface area (Å²) >= 11 is 0. The van der Waals surface area contributed by atoms with Gasteiger partial charge in [0.1, 0.15) is 0 Å². The summed E-state index contributed by atoms with van der Waals surface area (Å²) in [5.74, 6) is 0. The highest BCUT2D eigenvalue weighted by Crippen LogP contribution is 2.15. The number of carbonyl (C=O) groups excluding carboxylic acids is 1. The third-order valence-electron chi connectivity index (χ3n) is 3.40. The number of rotatable bonds is 4. The number of nitrogens with one attached hydrogen (secondary N) is 1. The Bertz CT molecular complexity index is 426. The van der Waals surface area contributed by atoms with E-state index < -0.39 is 0 Å². The van der Waals surface area contributed by atoms with Gasteiger partial charge < -0.3 is 15.0 Å². The topological polar surface area (TPSA) is 59.4 Å². The first kappa shape index (κ1) is 13.9. The first-order valence-electron chi connectivity index (χ1n) is 6.67. The predicted molar refractivity (Wildman–Crippen MR) is 71.6 cm³/mol. The van der Waals surface area contributed by atoms with Gasteiger partial charge in [0.25, 0.3) is 0 Å². The summed E-state index contributed by atoms with van der Waals surface area (Å²) in [6, 6.07) is -0.0294. The van der Waals surface area contributed by atoms with Crippen LogP contribution in [0.2, 0.25) is 0 Å². The van der Waals surface area contributed by atoms with Crippen LogP contribution in [0.15, 0.2) is 12.4 Å². The van der Waals surface area contributed by atoms with Crippen molar-refractivity contribution in [3.63, 3.8) is 0 Å². The molecule has 1 aromatic heterocycles. The molecule has 1 saturated heterocycles. The SMILES string of the molecule is CC(NC(=O)N(C)Cc1cnn(C)c1)C1CCCO1. The van der Waals surface area contributed by atoms with Crippen LogP contribution in [0.3, 0.4) is 0 Å². The first-order valence-corrected chi connectivity index (χ1v) is 6.67. The molecule has 0 spiro atoms. The molecule has 106 valence electrons. The van der Waals surface area contributed by atoms with Crippen LogP contribution in [0.25, 0.3) is 0 Å². The van der Waals surface area contributed by atoms with Crippen LogP contribution in [0.5, 0.6) is 0 Å². The van der Waals surface area contributed by atoms with Crippen molar-refractivity contribution in [1.82, 2.24) is 20.0 Å². The molecule has 1 aromatic rings. The maximum absolute atomic E-state index is 12.1. The van der Waals surface area contributed by atoms with Crippen molar-refractivity contribution < 1.29 is 9.53 Å². The highest BCUT2D eigenvalue weighted by atomic mass is 16.5. The highest BCUT2D eigenvalue weighted by molar-refractivity contribution is 5.74. The monoisotopic (exact) mass is 266 g/mol. The predicted octanol–water partition coefficient (Wildman–Crippen LogP) is 1.13. The van der Waals surface area contributed by atoms with Crippen LogP contribution in [-0.2, 0) is 18.3 Å². The van der Waals surface area contributed by atoms with Gasteiger partial charge in [-0.3, -0.25) is 4.68 Å². The number of amides is 2. The maximum Gasteiger partial charge on any atom is 0.317 e. The Labute approximate surface area is 113 Å². The average molecular weight is 266 g/mol. The Morgan fingerprint density at radius 2 is 2.53 bits per heavy atom. The standard InChI is InChI=1S/C13H22N4O2/c1-10(12-5-4-6-19-12)15-13(18)16(2)8-11-7-14-17(3)9-11/h7,9-10,12H,4-6,8H2,1-3H3,(H,15,18). The minimum atomic E-state index is -0.0770. The molecule has 0 aromatic carbocycles. The second-order valence-corrected chi connectivity index (χ2v) is 5.17. The molecule has 2 rings (SSSR count). The second kappa shape index (κ2) is 6.06. The van der Waals surface area contributed by atoms with Crippen molar-refractivity contribution >= 4 is 6.03 Å². The molecular weight excluding hydrogens is 244 g/mol. The fourth-order valence-corrected chi connectivity index (χ4v) is 2.29. The van der Waals surface area contributed by atoms with E-state index in [1.54, 1.807) is 22.8 Å². The third-order valence-corrected chi connectivity index (χ3v) is 3.40. The van der Waals surface area contributed by atoms with E-state index in [4.69, 9.17) is 4.74 Å². The van der Waals surface area contributed by atoms with Crippen LogP contribution in [-0.4, -0.2) is 46.5 Å². The van der Waals surface area contributed by atoms with Gasteiger partial charge in [-0.25, -0.2) is 4.79 Å². The number of hydrogen-bond donors (Lipinski definition) is 1. The lowest BCUT2D eigenvalue weighted by Crippen LogP contribution is -2.46. The van der Waals surface area contributed by atoms with E-state index in [2.05, 4.69) is 10.4 Å². The quantitative estimate of drug-likeness (QED) is 0.888.